The molecule has 0 aliphatic carbocycles. The molecule has 1 N–H and O–H groups in total. The third kappa shape index (κ3) is 3.75. The fraction of sp³-hybridized carbons (Fsp3) is 0.400. The minimum atomic E-state index is -3.37. The molecule has 4 nitrogen and oxygen atoms in total. The minimum Gasteiger partial charge on any atom is -0.395 e. The lowest BCUT2D eigenvalue weighted by Gasteiger charge is -2.16. The number of rotatable bonds is 5. The summed E-state index contributed by atoms with van der Waals surface area (Å²) in [7, 11) is -1.88. The number of halogens is 1. The highest BCUT2D eigenvalue weighted by Crippen LogP contribution is 2.12. The monoisotopic (exact) mass is 263 g/mol. The van der Waals surface area contributed by atoms with Crippen LogP contribution in [0, 0.1) is 0 Å². The van der Waals surface area contributed by atoms with Gasteiger partial charge in [0.05, 0.1) is 12.4 Å². The average Bonchev–Trinajstić information content (AvgIpc) is 2.21. The van der Waals surface area contributed by atoms with Gasteiger partial charge in [0.2, 0.25) is 10.0 Å². The van der Waals surface area contributed by atoms with Crippen molar-refractivity contribution in [1.82, 2.24) is 4.31 Å². The zero-order valence-corrected chi connectivity index (χ0v) is 10.5. The van der Waals surface area contributed by atoms with Crippen LogP contribution in [0.2, 0.25) is 5.02 Å². The van der Waals surface area contributed by atoms with Crippen LogP contribution < -0.4 is 0 Å². The number of hydrogen-bond acceptors (Lipinski definition) is 3. The van der Waals surface area contributed by atoms with Gasteiger partial charge in [0, 0.05) is 18.6 Å². The van der Waals surface area contributed by atoms with Gasteiger partial charge in [-0.05, 0) is 17.7 Å². The Kier molecular flexibility index (Phi) is 4.73. The Morgan fingerprint density at radius 3 is 2.38 bits per heavy atom. The van der Waals surface area contributed by atoms with E-state index in [1.807, 2.05) is 0 Å². The van der Waals surface area contributed by atoms with Crippen LogP contribution in [0.5, 0.6) is 0 Å². The van der Waals surface area contributed by atoms with Gasteiger partial charge in [-0.2, -0.15) is 0 Å². The minimum absolute atomic E-state index is 0.253. The molecule has 0 fully saturated rings. The van der Waals surface area contributed by atoms with Crippen LogP contribution in [-0.4, -0.2) is 37.2 Å². The summed E-state index contributed by atoms with van der Waals surface area (Å²) in [6.07, 6.45) is 0. The van der Waals surface area contributed by atoms with E-state index < -0.39 is 10.0 Å². The lowest BCUT2D eigenvalue weighted by atomic mass is 10.2. The maximum atomic E-state index is 11.5. The number of aliphatic hydroxyl groups is 1. The molecule has 16 heavy (non-hydrogen) atoms. The number of sulfonamides is 1. The molecule has 90 valence electrons. The van der Waals surface area contributed by atoms with Crippen molar-refractivity contribution in [2.45, 2.75) is 6.54 Å². The summed E-state index contributed by atoms with van der Waals surface area (Å²) < 4.78 is 24.3. The molecule has 1 aromatic rings. The molecule has 0 heterocycles. The van der Waals surface area contributed by atoms with Gasteiger partial charge in [-0.15, -0.1) is 0 Å². The van der Waals surface area contributed by atoms with Crippen molar-refractivity contribution < 1.29 is 13.5 Å². The van der Waals surface area contributed by atoms with Gasteiger partial charge >= 0.3 is 0 Å². The molecule has 1 aromatic carbocycles. The van der Waals surface area contributed by atoms with Crippen molar-refractivity contribution >= 4 is 21.6 Å². The van der Waals surface area contributed by atoms with Gasteiger partial charge in [0.25, 0.3) is 0 Å². The van der Waals surface area contributed by atoms with E-state index >= 15 is 0 Å². The second-order valence-electron chi connectivity index (χ2n) is 3.42. The molecule has 6 heteroatoms. The van der Waals surface area contributed by atoms with Crippen molar-refractivity contribution in [2.75, 3.05) is 19.4 Å². The second-order valence-corrected chi connectivity index (χ2v) is 6.05. The Hall–Kier alpha value is -0.620. The van der Waals surface area contributed by atoms with Crippen LogP contribution in [-0.2, 0) is 16.6 Å². The number of nitrogens with zero attached hydrogens (tertiary/aromatic N) is 1. The highest BCUT2D eigenvalue weighted by atomic mass is 35.5. The van der Waals surface area contributed by atoms with Crippen LogP contribution in [0.3, 0.4) is 0 Å². The standard InChI is InChI=1S/C10H14ClNO3S/c1-12(16(14,15)7-6-13)8-9-2-4-10(11)5-3-9/h2-5,13H,6-8H2,1H3. The molecule has 0 unspecified atom stereocenters. The smallest absolute Gasteiger partial charge is 0.216 e. The highest BCUT2D eigenvalue weighted by Gasteiger charge is 2.16. The van der Waals surface area contributed by atoms with E-state index in [4.69, 9.17) is 16.7 Å². The van der Waals surface area contributed by atoms with Crippen molar-refractivity contribution in [3.63, 3.8) is 0 Å². The maximum Gasteiger partial charge on any atom is 0.216 e. The summed E-state index contributed by atoms with van der Waals surface area (Å²) in [5.74, 6) is -0.253. The fourth-order valence-corrected chi connectivity index (χ4v) is 2.23. The zero-order valence-electron chi connectivity index (χ0n) is 8.93. The van der Waals surface area contributed by atoms with Crippen LogP contribution >= 0.6 is 11.6 Å². The highest BCUT2D eigenvalue weighted by molar-refractivity contribution is 7.89. The summed E-state index contributed by atoms with van der Waals surface area (Å²) in [5.41, 5.74) is 0.855. The first kappa shape index (κ1) is 13.4. The predicted molar refractivity (Wildman–Crippen MR) is 63.8 cm³/mol. The Balaban J connectivity index is 2.71. The van der Waals surface area contributed by atoms with E-state index in [-0.39, 0.29) is 18.9 Å². The van der Waals surface area contributed by atoms with E-state index in [1.165, 1.54) is 11.4 Å². The maximum absolute atomic E-state index is 11.5. The second kappa shape index (κ2) is 5.63. The van der Waals surface area contributed by atoms with E-state index in [0.717, 1.165) is 5.56 Å². The summed E-state index contributed by atoms with van der Waals surface area (Å²) in [5, 5.41) is 9.25. The van der Waals surface area contributed by atoms with E-state index in [1.54, 1.807) is 24.3 Å². The SMILES string of the molecule is CN(Cc1ccc(Cl)cc1)S(=O)(=O)CCO. The van der Waals surface area contributed by atoms with Gasteiger partial charge in [-0.25, -0.2) is 12.7 Å². The summed E-state index contributed by atoms with van der Waals surface area (Å²) in [6, 6.07) is 6.97. The van der Waals surface area contributed by atoms with Crippen LogP contribution in [0.1, 0.15) is 5.56 Å². The van der Waals surface area contributed by atoms with Crippen molar-refractivity contribution in [3.05, 3.63) is 34.9 Å². The third-order valence-corrected chi connectivity index (χ3v) is 4.17. The molecule has 0 aromatic heterocycles. The third-order valence-electron chi connectivity index (χ3n) is 2.14. The normalized spacial score (nSPS) is 12.0. The molecule has 0 atom stereocenters. The van der Waals surface area contributed by atoms with Crippen molar-refractivity contribution in [1.29, 1.82) is 0 Å². The van der Waals surface area contributed by atoms with Crippen LogP contribution in [0.4, 0.5) is 0 Å². The Morgan fingerprint density at radius 2 is 1.88 bits per heavy atom. The first-order valence-corrected chi connectivity index (χ1v) is 6.74. The summed E-state index contributed by atoms with van der Waals surface area (Å²) in [4.78, 5) is 0. The molecule has 0 aliphatic heterocycles. The molecule has 0 radical (unpaired) electrons. The number of hydrogen-bond donors (Lipinski definition) is 1. The quantitative estimate of drug-likeness (QED) is 0.865. The van der Waals surface area contributed by atoms with Gasteiger partial charge in [0.1, 0.15) is 0 Å². The van der Waals surface area contributed by atoms with Gasteiger partial charge in [-0.3, -0.25) is 0 Å². The predicted octanol–water partition coefficient (Wildman–Crippen LogP) is 1.09. The Morgan fingerprint density at radius 1 is 1.31 bits per heavy atom. The molecule has 1 rings (SSSR count). The van der Waals surface area contributed by atoms with Gasteiger partial charge in [0.15, 0.2) is 0 Å². The molecule has 0 amide bonds. The molecule has 0 bridgehead atoms. The van der Waals surface area contributed by atoms with Crippen LogP contribution in [0.15, 0.2) is 24.3 Å². The molecule has 0 aliphatic rings. The fourth-order valence-electron chi connectivity index (χ4n) is 1.22. The van der Waals surface area contributed by atoms with Gasteiger partial charge in [-0.1, -0.05) is 23.7 Å². The molecular weight excluding hydrogens is 250 g/mol. The van der Waals surface area contributed by atoms with E-state index in [0.29, 0.717) is 5.02 Å². The number of aliphatic hydroxyl groups excluding tert-OH is 1. The van der Waals surface area contributed by atoms with Crippen LogP contribution in [0.25, 0.3) is 0 Å². The van der Waals surface area contributed by atoms with Crippen molar-refractivity contribution in [2.24, 2.45) is 0 Å². The average molecular weight is 264 g/mol. The first-order valence-electron chi connectivity index (χ1n) is 4.75. The first-order chi connectivity index (χ1) is 7.45. The summed E-state index contributed by atoms with van der Waals surface area (Å²) in [6.45, 7) is -0.0905. The van der Waals surface area contributed by atoms with E-state index in [2.05, 4.69) is 0 Å². The van der Waals surface area contributed by atoms with Crippen molar-refractivity contribution in [3.8, 4) is 0 Å². The molecule has 0 spiro atoms. The summed E-state index contributed by atoms with van der Waals surface area (Å²) >= 11 is 5.72. The largest absolute Gasteiger partial charge is 0.395 e. The lowest BCUT2D eigenvalue weighted by Crippen LogP contribution is -2.30. The molecular formula is C10H14ClNO3S. The van der Waals surface area contributed by atoms with E-state index in [9.17, 15) is 8.42 Å². The number of benzene rings is 1. The molecule has 0 saturated heterocycles. The Bertz CT molecular complexity index is 430. The topological polar surface area (TPSA) is 57.6 Å². The lowest BCUT2D eigenvalue weighted by molar-refractivity contribution is 0.316. The van der Waals surface area contributed by atoms with Gasteiger partial charge < -0.3 is 5.11 Å². The molecule has 0 saturated carbocycles. The zero-order chi connectivity index (χ0) is 12.2. The Labute approximate surface area is 101 Å².